The lowest BCUT2D eigenvalue weighted by molar-refractivity contribution is -0.117. The van der Waals surface area contributed by atoms with Crippen LogP contribution < -0.4 is 14.8 Å². The first kappa shape index (κ1) is 18.6. The van der Waals surface area contributed by atoms with Crippen LogP contribution >= 0.6 is 0 Å². The lowest BCUT2D eigenvalue weighted by atomic mass is 10.1. The molecule has 2 aromatic carbocycles. The summed E-state index contributed by atoms with van der Waals surface area (Å²) < 4.78 is 11.0. The molecule has 0 spiro atoms. The van der Waals surface area contributed by atoms with Gasteiger partial charge in [-0.15, -0.1) is 0 Å². The van der Waals surface area contributed by atoms with Crippen LogP contribution in [0.25, 0.3) is 6.08 Å². The van der Waals surface area contributed by atoms with Crippen LogP contribution in [0.15, 0.2) is 54.6 Å². The zero-order valence-electron chi connectivity index (χ0n) is 15.0. The largest absolute Gasteiger partial charge is 0.493 e. The highest BCUT2D eigenvalue weighted by atomic mass is 16.5. The molecule has 0 saturated heterocycles. The van der Waals surface area contributed by atoms with E-state index in [0.717, 1.165) is 17.5 Å². The first-order valence-corrected chi connectivity index (χ1v) is 8.48. The second-order valence-electron chi connectivity index (χ2n) is 5.73. The maximum absolute atomic E-state index is 12.1. The van der Waals surface area contributed by atoms with Gasteiger partial charge in [0.15, 0.2) is 11.5 Å². The minimum absolute atomic E-state index is 0.0438. The summed E-state index contributed by atoms with van der Waals surface area (Å²) in [5, 5.41) is 2.95. The zero-order valence-corrected chi connectivity index (χ0v) is 15.0. The molecule has 0 aromatic heterocycles. The molecule has 0 fully saturated rings. The SMILES string of the molecule is CCCOc1ccc(/C=C/C(=O)N[C@@H](C)c2ccccc2)cc1OC. The molecule has 4 nitrogen and oxygen atoms in total. The number of amides is 1. The Hall–Kier alpha value is -2.75. The third-order valence-corrected chi connectivity index (χ3v) is 3.73. The monoisotopic (exact) mass is 339 g/mol. The fourth-order valence-electron chi connectivity index (χ4n) is 2.38. The minimum atomic E-state index is -0.137. The van der Waals surface area contributed by atoms with E-state index in [9.17, 15) is 4.79 Å². The molecule has 1 amide bonds. The van der Waals surface area contributed by atoms with Gasteiger partial charge < -0.3 is 14.8 Å². The van der Waals surface area contributed by atoms with Gasteiger partial charge in [0.1, 0.15) is 0 Å². The molecule has 0 aliphatic heterocycles. The number of hydrogen-bond donors (Lipinski definition) is 1. The van der Waals surface area contributed by atoms with Gasteiger partial charge in [0.05, 0.1) is 19.8 Å². The van der Waals surface area contributed by atoms with Crippen molar-refractivity contribution in [3.8, 4) is 11.5 Å². The Labute approximate surface area is 149 Å². The minimum Gasteiger partial charge on any atom is -0.493 e. The quantitative estimate of drug-likeness (QED) is 0.726. The third kappa shape index (κ3) is 5.68. The van der Waals surface area contributed by atoms with Crippen LogP contribution in [0.1, 0.15) is 37.4 Å². The highest BCUT2D eigenvalue weighted by Crippen LogP contribution is 2.28. The van der Waals surface area contributed by atoms with Gasteiger partial charge in [-0.05, 0) is 42.7 Å². The Kier molecular flexibility index (Phi) is 7.08. The van der Waals surface area contributed by atoms with Gasteiger partial charge in [-0.2, -0.15) is 0 Å². The van der Waals surface area contributed by atoms with E-state index in [4.69, 9.17) is 9.47 Å². The number of carbonyl (C=O) groups is 1. The molecule has 0 saturated carbocycles. The summed E-state index contributed by atoms with van der Waals surface area (Å²) in [5.74, 6) is 1.24. The number of carbonyl (C=O) groups excluding carboxylic acids is 1. The fraction of sp³-hybridized carbons (Fsp3) is 0.286. The molecule has 0 heterocycles. The lowest BCUT2D eigenvalue weighted by Crippen LogP contribution is -2.24. The Balaban J connectivity index is 1.99. The number of rotatable bonds is 8. The summed E-state index contributed by atoms with van der Waals surface area (Å²) in [6, 6.07) is 15.4. The maximum Gasteiger partial charge on any atom is 0.244 e. The molecule has 4 heteroatoms. The average Bonchev–Trinajstić information content (AvgIpc) is 2.65. The molecule has 2 aromatic rings. The molecular weight excluding hydrogens is 314 g/mol. The number of nitrogens with one attached hydrogen (secondary N) is 1. The molecule has 0 bridgehead atoms. The van der Waals surface area contributed by atoms with Gasteiger partial charge >= 0.3 is 0 Å². The molecule has 25 heavy (non-hydrogen) atoms. The summed E-state index contributed by atoms with van der Waals surface area (Å²) in [4.78, 5) is 12.1. The van der Waals surface area contributed by atoms with Crippen LogP contribution in [0.2, 0.25) is 0 Å². The molecule has 0 radical (unpaired) electrons. The summed E-state index contributed by atoms with van der Waals surface area (Å²) >= 11 is 0. The maximum atomic E-state index is 12.1. The van der Waals surface area contributed by atoms with E-state index in [1.165, 1.54) is 6.08 Å². The molecule has 2 rings (SSSR count). The van der Waals surface area contributed by atoms with E-state index in [1.54, 1.807) is 13.2 Å². The van der Waals surface area contributed by atoms with E-state index in [2.05, 4.69) is 12.2 Å². The van der Waals surface area contributed by atoms with Crippen molar-refractivity contribution in [2.45, 2.75) is 26.3 Å². The van der Waals surface area contributed by atoms with Gasteiger partial charge in [-0.25, -0.2) is 0 Å². The molecule has 132 valence electrons. The number of benzene rings is 2. The zero-order chi connectivity index (χ0) is 18.1. The van der Waals surface area contributed by atoms with Gasteiger partial charge in [0.25, 0.3) is 0 Å². The Morgan fingerprint density at radius 2 is 1.92 bits per heavy atom. The van der Waals surface area contributed by atoms with Gasteiger partial charge in [-0.3, -0.25) is 4.79 Å². The fourth-order valence-corrected chi connectivity index (χ4v) is 2.38. The first-order valence-electron chi connectivity index (χ1n) is 8.48. The van der Waals surface area contributed by atoms with Crippen LogP contribution in [0, 0.1) is 0 Å². The van der Waals surface area contributed by atoms with Crippen molar-refractivity contribution in [1.82, 2.24) is 5.32 Å². The predicted molar refractivity (Wildman–Crippen MR) is 101 cm³/mol. The smallest absolute Gasteiger partial charge is 0.244 e. The van der Waals surface area contributed by atoms with Gasteiger partial charge in [0, 0.05) is 6.08 Å². The van der Waals surface area contributed by atoms with E-state index in [0.29, 0.717) is 18.1 Å². The van der Waals surface area contributed by atoms with E-state index in [-0.39, 0.29) is 11.9 Å². The average molecular weight is 339 g/mol. The predicted octanol–water partition coefficient (Wildman–Crippen LogP) is 4.37. The van der Waals surface area contributed by atoms with Gasteiger partial charge in [0.2, 0.25) is 5.91 Å². The molecule has 1 atom stereocenters. The third-order valence-electron chi connectivity index (χ3n) is 3.73. The second-order valence-corrected chi connectivity index (χ2v) is 5.73. The number of methoxy groups -OCH3 is 1. The second kappa shape index (κ2) is 9.52. The van der Waals surface area contributed by atoms with Crippen LogP contribution in [0.5, 0.6) is 11.5 Å². The van der Waals surface area contributed by atoms with Crippen molar-refractivity contribution in [3.63, 3.8) is 0 Å². The Morgan fingerprint density at radius 1 is 1.16 bits per heavy atom. The van der Waals surface area contributed by atoms with Crippen LogP contribution in [-0.2, 0) is 4.79 Å². The molecular formula is C21H25NO3. The van der Waals surface area contributed by atoms with Gasteiger partial charge in [-0.1, -0.05) is 43.3 Å². The lowest BCUT2D eigenvalue weighted by Gasteiger charge is -2.12. The van der Waals surface area contributed by atoms with E-state index >= 15 is 0 Å². The molecule has 1 N–H and O–H groups in total. The first-order chi connectivity index (χ1) is 12.1. The van der Waals surface area contributed by atoms with Crippen molar-refractivity contribution in [2.75, 3.05) is 13.7 Å². The van der Waals surface area contributed by atoms with Crippen LogP contribution in [-0.4, -0.2) is 19.6 Å². The van der Waals surface area contributed by atoms with Crippen molar-refractivity contribution in [3.05, 3.63) is 65.7 Å². The Bertz CT molecular complexity index is 710. The van der Waals surface area contributed by atoms with Crippen molar-refractivity contribution < 1.29 is 14.3 Å². The summed E-state index contributed by atoms with van der Waals surface area (Å²) in [6.45, 7) is 4.66. The molecule has 0 aliphatic rings. The highest BCUT2D eigenvalue weighted by molar-refractivity contribution is 5.92. The van der Waals surface area contributed by atoms with Crippen LogP contribution in [0.4, 0.5) is 0 Å². The number of hydrogen-bond acceptors (Lipinski definition) is 3. The van der Waals surface area contributed by atoms with E-state index in [1.807, 2.05) is 55.5 Å². The summed E-state index contributed by atoms with van der Waals surface area (Å²) in [7, 11) is 1.61. The molecule has 0 unspecified atom stereocenters. The highest BCUT2D eigenvalue weighted by Gasteiger charge is 2.07. The summed E-state index contributed by atoms with van der Waals surface area (Å²) in [6.07, 6.45) is 4.23. The molecule has 0 aliphatic carbocycles. The van der Waals surface area contributed by atoms with E-state index < -0.39 is 0 Å². The standard InChI is InChI=1S/C21H25NO3/c1-4-14-25-19-12-10-17(15-20(19)24-3)11-13-21(23)22-16(2)18-8-6-5-7-9-18/h5-13,15-16H,4,14H2,1-3H3,(H,22,23)/b13-11+/t16-/m0/s1. The van der Waals surface area contributed by atoms with Crippen molar-refractivity contribution >= 4 is 12.0 Å². The number of ether oxygens (including phenoxy) is 2. The Morgan fingerprint density at radius 3 is 2.60 bits per heavy atom. The normalized spacial score (nSPS) is 12.0. The van der Waals surface area contributed by atoms with Crippen LogP contribution in [0.3, 0.4) is 0 Å². The topological polar surface area (TPSA) is 47.6 Å². The summed E-state index contributed by atoms with van der Waals surface area (Å²) in [5.41, 5.74) is 1.95. The van der Waals surface area contributed by atoms with Crippen molar-refractivity contribution in [2.24, 2.45) is 0 Å². The van der Waals surface area contributed by atoms with Crippen molar-refractivity contribution in [1.29, 1.82) is 0 Å².